The maximum Gasteiger partial charge on any atom is 0.494 e. The van der Waals surface area contributed by atoms with Crippen molar-refractivity contribution in [3.63, 3.8) is 0 Å². The molecule has 0 saturated carbocycles. The zero-order valence-corrected chi connectivity index (χ0v) is 26.0. The molecule has 0 unspecified atom stereocenters. The van der Waals surface area contributed by atoms with Crippen molar-refractivity contribution in [3.05, 3.63) is 133 Å². The van der Waals surface area contributed by atoms with Gasteiger partial charge in [0.1, 0.15) is 11.2 Å². The van der Waals surface area contributed by atoms with Gasteiger partial charge in [0.2, 0.25) is 0 Å². The van der Waals surface area contributed by atoms with E-state index in [2.05, 4.69) is 154 Å². The van der Waals surface area contributed by atoms with Gasteiger partial charge in [0, 0.05) is 33.9 Å². The summed E-state index contributed by atoms with van der Waals surface area (Å²) in [4.78, 5) is 2.27. The van der Waals surface area contributed by atoms with Gasteiger partial charge >= 0.3 is 7.12 Å². The van der Waals surface area contributed by atoms with E-state index >= 15 is 0 Å². The lowest BCUT2D eigenvalue weighted by molar-refractivity contribution is 0.00578. The highest BCUT2D eigenvalue weighted by atomic mass is 16.7. The highest BCUT2D eigenvalue weighted by Gasteiger charge is 2.51. The Morgan fingerprint density at radius 3 is 1.82 bits per heavy atom. The predicted octanol–water partition coefficient (Wildman–Crippen LogP) is 10.2. The highest BCUT2D eigenvalue weighted by Crippen LogP contribution is 2.40. The molecule has 1 aliphatic rings. The van der Waals surface area contributed by atoms with Gasteiger partial charge in [-0.15, -0.1) is 0 Å². The number of fused-ring (bicyclic) bond motifs is 4. The van der Waals surface area contributed by atoms with E-state index in [1.807, 2.05) is 12.1 Å². The van der Waals surface area contributed by atoms with E-state index in [9.17, 15) is 0 Å². The quantitative estimate of drug-likeness (QED) is 0.188. The topological polar surface area (TPSA) is 34.8 Å². The summed E-state index contributed by atoms with van der Waals surface area (Å²) in [6.45, 7) is 8.33. The summed E-state index contributed by atoms with van der Waals surface area (Å²) >= 11 is 0. The molecule has 8 rings (SSSR count). The van der Waals surface area contributed by atoms with Crippen LogP contribution in [0.4, 0.5) is 17.1 Å². The van der Waals surface area contributed by atoms with Crippen molar-refractivity contribution in [2.45, 2.75) is 38.9 Å². The molecule has 6 aromatic carbocycles. The van der Waals surface area contributed by atoms with E-state index in [4.69, 9.17) is 13.7 Å². The fourth-order valence-electron chi connectivity index (χ4n) is 6.33. The number of para-hydroxylation sites is 1. The Labute approximate surface area is 264 Å². The Balaban J connectivity index is 1.21. The van der Waals surface area contributed by atoms with Gasteiger partial charge < -0.3 is 18.6 Å². The van der Waals surface area contributed by atoms with Gasteiger partial charge in [-0.3, -0.25) is 0 Å². The van der Waals surface area contributed by atoms with Crippen LogP contribution in [-0.2, 0) is 9.31 Å². The van der Waals surface area contributed by atoms with Gasteiger partial charge in [-0.2, -0.15) is 0 Å². The molecule has 7 aromatic rings. The smallest absolute Gasteiger partial charge is 0.456 e. The minimum Gasteiger partial charge on any atom is -0.456 e. The lowest BCUT2D eigenvalue weighted by Crippen LogP contribution is -2.41. The molecule has 0 amide bonds. The van der Waals surface area contributed by atoms with Crippen molar-refractivity contribution in [2.75, 3.05) is 4.90 Å². The Hall–Kier alpha value is -4.84. The second-order valence-corrected chi connectivity index (χ2v) is 12.9. The van der Waals surface area contributed by atoms with Gasteiger partial charge in [0.05, 0.1) is 11.2 Å². The predicted molar refractivity (Wildman–Crippen MR) is 187 cm³/mol. The molecule has 45 heavy (non-hydrogen) atoms. The molecule has 1 saturated heterocycles. The Morgan fingerprint density at radius 2 is 1.09 bits per heavy atom. The summed E-state index contributed by atoms with van der Waals surface area (Å²) in [6.07, 6.45) is 0. The first kappa shape index (κ1) is 27.7. The van der Waals surface area contributed by atoms with E-state index in [0.29, 0.717) is 0 Å². The van der Waals surface area contributed by atoms with Crippen LogP contribution in [0.15, 0.2) is 138 Å². The molecule has 1 aliphatic heterocycles. The lowest BCUT2D eigenvalue weighted by Gasteiger charge is -2.32. The van der Waals surface area contributed by atoms with Crippen LogP contribution >= 0.6 is 0 Å². The molecular weight excluding hydrogens is 553 g/mol. The third kappa shape index (κ3) is 4.71. The van der Waals surface area contributed by atoms with Crippen LogP contribution in [-0.4, -0.2) is 18.3 Å². The summed E-state index contributed by atoms with van der Waals surface area (Å²) < 4.78 is 19.0. The van der Waals surface area contributed by atoms with Crippen molar-refractivity contribution in [1.82, 2.24) is 0 Å². The highest BCUT2D eigenvalue weighted by molar-refractivity contribution is 6.62. The van der Waals surface area contributed by atoms with Crippen LogP contribution in [0, 0.1) is 0 Å². The Bertz CT molecular complexity index is 2160. The minimum absolute atomic E-state index is 0.393. The van der Waals surface area contributed by atoms with Gasteiger partial charge in [-0.25, -0.2) is 0 Å². The van der Waals surface area contributed by atoms with Crippen LogP contribution in [0.25, 0.3) is 43.8 Å². The van der Waals surface area contributed by atoms with Crippen molar-refractivity contribution in [3.8, 4) is 11.1 Å². The standard InChI is InChI=1S/C40H34BNO3/c1-39(2)40(3,4)45-41(44-39)29-18-22-31(23-19-29)42(32-24-25-36-35-13-7-8-15-37(35)43-38(36)26-32)30-20-16-28(17-21-30)34-14-9-11-27-10-5-6-12-33(27)34/h5-26H,1-4H3. The van der Waals surface area contributed by atoms with Gasteiger partial charge in [-0.05, 0) is 97.5 Å². The zero-order valence-electron chi connectivity index (χ0n) is 26.0. The van der Waals surface area contributed by atoms with E-state index in [-0.39, 0.29) is 0 Å². The summed E-state index contributed by atoms with van der Waals surface area (Å²) in [7, 11) is -0.413. The van der Waals surface area contributed by atoms with Crippen molar-refractivity contribution in [1.29, 1.82) is 0 Å². The Kier molecular flexibility index (Phi) is 6.38. The normalized spacial score (nSPS) is 15.7. The molecule has 0 bridgehead atoms. The largest absolute Gasteiger partial charge is 0.494 e. The van der Waals surface area contributed by atoms with E-state index in [0.717, 1.165) is 44.5 Å². The SMILES string of the molecule is CC1(C)OB(c2ccc(N(c3ccc(-c4cccc5ccccc45)cc3)c3ccc4c(c3)oc3ccccc34)cc2)OC1(C)C. The molecule has 5 heteroatoms. The number of rotatable bonds is 5. The van der Waals surface area contributed by atoms with Crippen molar-refractivity contribution < 1.29 is 13.7 Å². The maximum absolute atomic E-state index is 6.33. The van der Waals surface area contributed by atoms with Crippen LogP contribution < -0.4 is 10.4 Å². The molecular formula is C40H34BNO3. The number of hydrogen-bond acceptors (Lipinski definition) is 4. The average molecular weight is 588 g/mol. The molecule has 220 valence electrons. The first-order valence-electron chi connectivity index (χ1n) is 15.5. The first-order chi connectivity index (χ1) is 21.8. The number of hydrogen-bond donors (Lipinski definition) is 0. The number of anilines is 3. The Morgan fingerprint density at radius 1 is 0.511 bits per heavy atom. The van der Waals surface area contributed by atoms with Gasteiger partial charge in [0.15, 0.2) is 0 Å². The second kappa shape index (κ2) is 10.4. The number of benzene rings is 6. The zero-order chi connectivity index (χ0) is 30.8. The van der Waals surface area contributed by atoms with Crippen LogP contribution in [0.1, 0.15) is 27.7 Å². The summed E-state index contributed by atoms with van der Waals surface area (Å²) in [5.41, 5.74) is 7.47. The van der Waals surface area contributed by atoms with Crippen LogP contribution in [0.3, 0.4) is 0 Å². The molecule has 1 aromatic heterocycles. The van der Waals surface area contributed by atoms with Crippen molar-refractivity contribution >= 4 is 62.4 Å². The van der Waals surface area contributed by atoms with Crippen LogP contribution in [0.5, 0.6) is 0 Å². The third-order valence-corrected chi connectivity index (χ3v) is 9.52. The first-order valence-corrected chi connectivity index (χ1v) is 15.5. The maximum atomic E-state index is 6.33. The minimum atomic E-state index is -0.413. The summed E-state index contributed by atoms with van der Waals surface area (Å²) in [5, 5.41) is 4.72. The monoisotopic (exact) mass is 587 g/mol. The third-order valence-electron chi connectivity index (χ3n) is 9.52. The summed E-state index contributed by atoms with van der Waals surface area (Å²) in [5.74, 6) is 0. The molecule has 0 radical (unpaired) electrons. The second-order valence-electron chi connectivity index (χ2n) is 12.9. The van der Waals surface area contributed by atoms with E-state index in [1.54, 1.807) is 0 Å². The lowest BCUT2D eigenvalue weighted by atomic mass is 9.79. The van der Waals surface area contributed by atoms with E-state index in [1.165, 1.54) is 21.9 Å². The molecule has 2 heterocycles. The van der Waals surface area contributed by atoms with E-state index < -0.39 is 18.3 Å². The molecule has 1 fully saturated rings. The molecule has 0 spiro atoms. The average Bonchev–Trinajstić information content (AvgIpc) is 3.53. The molecule has 0 atom stereocenters. The fraction of sp³-hybridized carbons (Fsp3) is 0.150. The molecule has 0 N–H and O–H groups in total. The summed E-state index contributed by atoms with van der Waals surface area (Å²) in [6, 6.07) is 47.0. The van der Waals surface area contributed by atoms with Crippen LogP contribution in [0.2, 0.25) is 0 Å². The van der Waals surface area contributed by atoms with Crippen molar-refractivity contribution in [2.24, 2.45) is 0 Å². The number of nitrogens with zero attached hydrogens (tertiary/aromatic N) is 1. The fourth-order valence-corrected chi connectivity index (χ4v) is 6.33. The molecule has 4 nitrogen and oxygen atoms in total. The van der Waals surface area contributed by atoms with Gasteiger partial charge in [0.25, 0.3) is 0 Å². The number of furan rings is 1. The molecule has 0 aliphatic carbocycles. The van der Waals surface area contributed by atoms with Gasteiger partial charge in [-0.1, -0.05) is 84.9 Å².